The lowest BCUT2D eigenvalue weighted by Gasteiger charge is -2.22. The molecule has 0 N–H and O–H groups in total. The summed E-state index contributed by atoms with van der Waals surface area (Å²) in [6.45, 7) is 0.316. The lowest BCUT2D eigenvalue weighted by molar-refractivity contribution is 0.219. The summed E-state index contributed by atoms with van der Waals surface area (Å²) in [6, 6.07) is 6.27. The van der Waals surface area contributed by atoms with Gasteiger partial charge in [0.1, 0.15) is 6.26 Å². The van der Waals surface area contributed by atoms with Gasteiger partial charge in [0.05, 0.1) is 35.1 Å². The fourth-order valence-electron chi connectivity index (χ4n) is 2.97. The molecule has 1 aliphatic heterocycles. The molecule has 1 aliphatic rings. The minimum atomic E-state index is -3.32. The molecule has 2 aromatic heterocycles. The van der Waals surface area contributed by atoms with Gasteiger partial charge in [0, 0.05) is 5.02 Å². The van der Waals surface area contributed by atoms with Gasteiger partial charge in [-0.2, -0.15) is 4.98 Å². The summed E-state index contributed by atoms with van der Waals surface area (Å²) in [7, 11) is -1.50. The summed E-state index contributed by atoms with van der Waals surface area (Å²) < 4.78 is 35.0. The van der Waals surface area contributed by atoms with E-state index in [1.54, 1.807) is 24.3 Å². The third-order valence-corrected chi connectivity index (χ3v) is 6.24. The molecule has 25 heavy (non-hydrogen) atoms. The monoisotopic (exact) mass is 379 g/mol. The number of nitrogens with zero attached hydrogens (tertiary/aromatic N) is 3. The summed E-state index contributed by atoms with van der Waals surface area (Å²) >= 11 is 6.04. The van der Waals surface area contributed by atoms with Gasteiger partial charge in [-0.25, -0.2) is 8.42 Å². The Morgan fingerprint density at radius 2 is 2.20 bits per heavy atom. The van der Waals surface area contributed by atoms with Crippen LogP contribution in [-0.4, -0.2) is 36.3 Å². The highest BCUT2D eigenvalue weighted by Gasteiger charge is 2.37. The minimum Gasteiger partial charge on any atom is -0.472 e. The number of hydrogen-bond donors (Lipinski definition) is 0. The number of sulfone groups is 1. The molecule has 0 aliphatic carbocycles. The summed E-state index contributed by atoms with van der Waals surface area (Å²) in [5.41, 5.74) is 1.42. The molecule has 0 amide bonds. The summed E-state index contributed by atoms with van der Waals surface area (Å²) in [5.74, 6) is 0.827. The van der Waals surface area contributed by atoms with Gasteiger partial charge in [0.25, 0.3) is 0 Å². The van der Waals surface area contributed by atoms with Crippen LogP contribution in [0.4, 0.5) is 0 Å². The quantitative estimate of drug-likeness (QED) is 0.688. The molecule has 4 rings (SSSR count). The first-order chi connectivity index (χ1) is 11.9. The molecule has 0 bridgehead atoms. The Bertz CT molecular complexity index is 1010. The number of furan rings is 1. The van der Waals surface area contributed by atoms with Gasteiger partial charge >= 0.3 is 0 Å². The second-order valence-corrected chi connectivity index (χ2v) is 8.36. The fraction of sp³-hybridized carbons (Fsp3) is 0.250. The van der Waals surface area contributed by atoms with Crippen molar-refractivity contribution >= 4 is 21.4 Å². The molecule has 0 saturated heterocycles. The molecule has 1 unspecified atom stereocenters. The molecule has 0 fully saturated rings. The van der Waals surface area contributed by atoms with Crippen molar-refractivity contribution in [1.29, 1.82) is 0 Å². The van der Waals surface area contributed by atoms with E-state index in [1.807, 2.05) is 11.9 Å². The maximum absolute atomic E-state index is 12.4. The molecule has 3 aromatic rings. The zero-order chi connectivity index (χ0) is 17.6. The highest BCUT2D eigenvalue weighted by atomic mass is 35.5. The summed E-state index contributed by atoms with van der Waals surface area (Å²) in [4.78, 5) is 6.52. The summed E-state index contributed by atoms with van der Waals surface area (Å²) in [6.07, 6.45) is 3.06. The molecule has 130 valence electrons. The van der Waals surface area contributed by atoms with E-state index in [0.29, 0.717) is 33.7 Å². The molecule has 7 nitrogen and oxygen atoms in total. The van der Waals surface area contributed by atoms with Gasteiger partial charge in [-0.15, -0.1) is 0 Å². The Labute approximate surface area is 149 Å². The number of hydrogen-bond acceptors (Lipinski definition) is 7. The molecular weight excluding hydrogens is 366 g/mol. The lowest BCUT2D eigenvalue weighted by atomic mass is 10.1. The van der Waals surface area contributed by atoms with Crippen molar-refractivity contribution in [1.82, 2.24) is 15.0 Å². The van der Waals surface area contributed by atoms with Crippen LogP contribution < -0.4 is 0 Å². The van der Waals surface area contributed by atoms with Crippen LogP contribution in [0.25, 0.3) is 11.4 Å². The Hall–Kier alpha value is -2.16. The van der Waals surface area contributed by atoms with Crippen molar-refractivity contribution in [3.8, 4) is 11.4 Å². The third-order valence-electron chi connectivity index (χ3n) is 4.21. The van der Waals surface area contributed by atoms with Crippen LogP contribution in [0.2, 0.25) is 5.02 Å². The van der Waals surface area contributed by atoms with Gasteiger partial charge in [-0.1, -0.05) is 16.8 Å². The standard InChI is InChI=1S/C16H14ClN3O4S/c1-20(7-15-18-16(19-24-15)10-4-5-23-8-10)13-9-25(21,22)14-3-2-11(17)6-12(13)14/h2-6,8,13H,7,9H2,1H3. The van der Waals surface area contributed by atoms with E-state index in [2.05, 4.69) is 10.1 Å². The van der Waals surface area contributed by atoms with Crippen LogP contribution in [0.3, 0.4) is 0 Å². The first kappa shape index (κ1) is 16.3. The van der Waals surface area contributed by atoms with Gasteiger partial charge < -0.3 is 8.94 Å². The van der Waals surface area contributed by atoms with Crippen molar-refractivity contribution in [2.45, 2.75) is 17.5 Å². The van der Waals surface area contributed by atoms with E-state index in [4.69, 9.17) is 20.5 Å². The van der Waals surface area contributed by atoms with Crippen LogP contribution >= 0.6 is 11.6 Å². The average Bonchev–Trinajstić information content (AvgIpc) is 3.26. The zero-order valence-corrected chi connectivity index (χ0v) is 14.8. The van der Waals surface area contributed by atoms with Crippen LogP contribution in [0.5, 0.6) is 0 Å². The van der Waals surface area contributed by atoms with Gasteiger partial charge in [0.2, 0.25) is 11.7 Å². The molecule has 0 spiro atoms. The predicted octanol–water partition coefficient (Wildman–Crippen LogP) is 2.94. The fourth-order valence-corrected chi connectivity index (χ4v) is 5.01. The van der Waals surface area contributed by atoms with Crippen LogP contribution in [0, 0.1) is 0 Å². The first-order valence-corrected chi connectivity index (χ1v) is 9.55. The number of rotatable bonds is 4. The maximum atomic E-state index is 12.4. The van der Waals surface area contributed by atoms with E-state index < -0.39 is 9.84 Å². The molecule has 1 atom stereocenters. The number of halogens is 1. The second kappa shape index (κ2) is 5.98. The van der Waals surface area contributed by atoms with Crippen LogP contribution in [-0.2, 0) is 16.4 Å². The number of benzene rings is 1. The van der Waals surface area contributed by atoms with E-state index in [1.165, 1.54) is 12.5 Å². The van der Waals surface area contributed by atoms with E-state index in [0.717, 1.165) is 5.56 Å². The zero-order valence-electron chi connectivity index (χ0n) is 13.2. The van der Waals surface area contributed by atoms with Crippen molar-refractivity contribution in [3.63, 3.8) is 0 Å². The molecule has 0 radical (unpaired) electrons. The van der Waals surface area contributed by atoms with Crippen molar-refractivity contribution in [2.24, 2.45) is 0 Å². The molecule has 1 aromatic carbocycles. The van der Waals surface area contributed by atoms with Crippen LogP contribution in [0.1, 0.15) is 17.5 Å². The smallest absolute Gasteiger partial charge is 0.241 e. The van der Waals surface area contributed by atoms with Crippen molar-refractivity contribution < 1.29 is 17.4 Å². The molecular formula is C16H14ClN3O4S. The maximum Gasteiger partial charge on any atom is 0.241 e. The van der Waals surface area contributed by atoms with Crippen LogP contribution in [0.15, 0.2) is 50.6 Å². The Balaban J connectivity index is 1.58. The largest absolute Gasteiger partial charge is 0.472 e. The normalized spacial score (nSPS) is 18.6. The third kappa shape index (κ3) is 2.97. The minimum absolute atomic E-state index is 0.00189. The second-order valence-electron chi connectivity index (χ2n) is 5.92. The van der Waals surface area contributed by atoms with E-state index in [9.17, 15) is 8.42 Å². The number of aromatic nitrogens is 2. The molecule has 0 saturated carbocycles. The van der Waals surface area contributed by atoms with Gasteiger partial charge in [0.15, 0.2) is 9.84 Å². The highest BCUT2D eigenvalue weighted by Crippen LogP contribution is 2.38. The Kier molecular flexibility index (Phi) is 3.90. The SMILES string of the molecule is CN(Cc1nc(-c2ccoc2)no1)C1CS(=O)(=O)c2ccc(Cl)cc21. The van der Waals surface area contributed by atoms with Gasteiger partial charge in [-0.05, 0) is 36.9 Å². The van der Waals surface area contributed by atoms with Gasteiger partial charge in [-0.3, -0.25) is 4.90 Å². The first-order valence-electron chi connectivity index (χ1n) is 7.51. The van der Waals surface area contributed by atoms with E-state index >= 15 is 0 Å². The molecule has 3 heterocycles. The Morgan fingerprint density at radius 3 is 2.96 bits per heavy atom. The van der Waals surface area contributed by atoms with E-state index in [-0.39, 0.29) is 11.8 Å². The summed E-state index contributed by atoms with van der Waals surface area (Å²) in [5, 5.41) is 4.42. The predicted molar refractivity (Wildman–Crippen MR) is 89.7 cm³/mol. The number of fused-ring (bicyclic) bond motifs is 1. The average molecular weight is 380 g/mol. The van der Waals surface area contributed by atoms with Crippen molar-refractivity contribution in [3.05, 3.63) is 53.3 Å². The lowest BCUT2D eigenvalue weighted by Crippen LogP contribution is -2.25. The van der Waals surface area contributed by atoms with Crippen molar-refractivity contribution in [2.75, 3.05) is 12.8 Å². The topological polar surface area (TPSA) is 89.4 Å². The molecule has 9 heteroatoms. The highest BCUT2D eigenvalue weighted by molar-refractivity contribution is 7.91. The Morgan fingerprint density at radius 1 is 1.36 bits per heavy atom.